The number of para-hydroxylation sites is 3. The van der Waals surface area contributed by atoms with Crippen molar-refractivity contribution in [2.75, 3.05) is 0 Å². The molecule has 0 bridgehead atoms. The first-order chi connectivity index (χ1) is 14.1. The smallest absolute Gasteiger partial charge is 0.416 e. The number of hydrogen-bond donors (Lipinski definition) is 0. The Bertz CT molecular complexity index is 1310. The summed E-state index contributed by atoms with van der Waals surface area (Å²) in [5, 5.41) is 0. The number of benzene rings is 3. The first-order valence-electron chi connectivity index (χ1n) is 8.72. The van der Waals surface area contributed by atoms with Crippen LogP contribution in [0.1, 0.15) is 11.1 Å². The zero-order valence-electron chi connectivity index (χ0n) is 15.5. The SMILES string of the molecule is Cc1cccc(-c2nc3ccccc3o2)c1OS(=O)(=O)c1cccc(C(F)(F)F)c1. The van der Waals surface area contributed by atoms with Gasteiger partial charge in [0.1, 0.15) is 10.4 Å². The van der Waals surface area contributed by atoms with E-state index in [1.165, 1.54) is 0 Å². The number of hydrogen-bond acceptors (Lipinski definition) is 5. The van der Waals surface area contributed by atoms with Gasteiger partial charge in [-0.3, -0.25) is 0 Å². The zero-order valence-corrected chi connectivity index (χ0v) is 16.3. The number of alkyl halides is 3. The normalized spacial score (nSPS) is 12.3. The van der Waals surface area contributed by atoms with Gasteiger partial charge in [0.05, 0.1) is 11.1 Å². The molecule has 4 aromatic rings. The van der Waals surface area contributed by atoms with E-state index < -0.39 is 26.8 Å². The van der Waals surface area contributed by atoms with Gasteiger partial charge in [-0.05, 0) is 48.9 Å². The summed E-state index contributed by atoms with van der Waals surface area (Å²) in [6, 6.07) is 15.2. The van der Waals surface area contributed by atoms with E-state index in [1.54, 1.807) is 49.4 Å². The quantitative estimate of drug-likeness (QED) is 0.393. The van der Waals surface area contributed by atoms with Crippen LogP contribution in [0.5, 0.6) is 5.75 Å². The van der Waals surface area contributed by atoms with Crippen LogP contribution >= 0.6 is 0 Å². The van der Waals surface area contributed by atoms with E-state index in [2.05, 4.69) is 4.98 Å². The highest BCUT2D eigenvalue weighted by atomic mass is 32.2. The first kappa shape index (κ1) is 20.0. The van der Waals surface area contributed by atoms with Gasteiger partial charge in [-0.2, -0.15) is 21.6 Å². The average molecular weight is 433 g/mol. The molecule has 3 aromatic carbocycles. The van der Waals surface area contributed by atoms with Crippen LogP contribution in [-0.4, -0.2) is 13.4 Å². The van der Waals surface area contributed by atoms with Crippen molar-refractivity contribution in [1.82, 2.24) is 4.98 Å². The molecule has 5 nitrogen and oxygen atoms in total. The van der Waals surface area contributed by atoms with Crippen molar-refractivity contribution >= 4 is 21.2 Å². The van der Waals surface area contributed by atoms with E-state index >= 15 is 0 Å². The third-order valence-electron chi connectivity index (χ3n) is 4.38. The fraction of sp³-hybridized carbons (Fsp3) is 0.0952. The van der Waals surface area contributed by atoms with Gasteiger partial charge in [-0.15, -0.1) is 0 Å². The van der Waals surface area contributed by atoms with E-state index in [9.17, 15) is 21.6 Å². The lowest BCUT2D eigenvalue weighted by atomic mass is 10.1. The predicted octanol–water partition coefficient (Wildman–Crippen LogP) is 5.59. The van der Waals surface area contributed by atoms with Gasteiger partial charge in [0, 0.05) is 0 Å². The molecule has 0 N–H and O–H groups in total. The number of oxazole rings is 1. The molecule has 0 fully saturated rings. The molecule has 1 heterocycles. The molecule has 9 heteroatoms. The monoisotopic (exact) mass is 433 g/mol. The van der Waals surface area contributed by atoms with Crippen LogP contribution in [0.15, 0.2) is 76.0 Å². The minimum absolute atomic E-state index is 0.0681. The van der Waals surface area contributed by atoms with Gasteiger partial charge in [0.2, 0.25) is 5.89 Å². The van der Waals surface area contributed by atoms with Gasteiger partial charge in [-0.25, -0.2) is 4.98 Å². The van der Waals surface area contributed by atoms with Crippen LogP contribution < -0.4 is 4.18 Å². The standard InChI is InChI=1S/C21H14F3NO4S/c1-13-6-4-9-16(20-25-17-10-2-3-11-18(17)28-20)19(13)29-30(26,27)15-8-5-7-14(12-15)21(22,23)24/h2-12H,1H3. The Hall–Kier alpha value is -3.33. The number of fused-ring (bicyclic) bond motifs is 1. The molecular formula is C21H14F3NO4S. The third kappa shape index (κ3) is 3.76. The van der Waals surface area contributed by atoms with Gasteiger partial charge >= 0.3 is 16.3 Å². The van der Waals surface area contributed by atoms with E-state index in [1.807, 2.05) is 0 Å². The highest BCUT2D eigenvalue weighted by molar-refractivity contribution is 7.87. The predicted molar refractivity (Wildman–Crippen MR) is 103 cm³/mol. The second-order valence-corrected chi connectivity index (χ2v) is 8.05. The van der Waals surface area contributed by atoms with Crippen molar-refractivity contribution in [2.45, 2.75) is 18.0 Å². The van der Waals surface area contributed by atoms with Crippen molar-refractivity contribution in [1.29, 1.82) is 0 Å². The third-order valence-corrected chi connectivity index (χ3v) is 5.60. The molecule has 0 aliphatic heterocycles. The molecule has 154 valence electrons. The number of nitrogens with zero attached hydrogens (tertiary/aromatic N) is 1. The summed E-state index contributed by atoms with van der Waals surface area (Å²) in [6.45, 7) is 1.61. The van der Waals surface area contributed by atoms with Crippen LogP contribution in [0, 0.1) is 6.92 Å². The van der Waals surface area contributed by atoms with Crippen LogP contribution in [0.2, 0.25) is 0 Å². The van der Waals surface area contributed by atoms with E-state index in [0.717, 1.165) is 18.2 Å². The van der Waals surface area contributed by atoms with Crippen LogP contribution in [0.3, 0.4) is 0 Å². The molecule has 0 aliphatic rings. The molecule has 0 amide bonds. The van der Waals surface area contributed by atoms with Crippen molar-refractivity contribution < 1.29 is 30.2 Å². The second-order valence-electron chi connectivity index (χ2n) is 6.50. The molecule has 0 spiro atoms. The topological polar surface area (TPSA) is 69.4 Å². The fourth-order valence-corrected chi connectivity index (χ4v) is 3.96. The molecule has 0 aliphatic carbocycles. The molecule has 1 aromatic heterocycles. The summed E-state index contributed by atoms with van der Waals surface area (Å²) < 4.78 is 75.4. The highest BCUT2D eigenvalue weighted by Gasteiger charge is 2.32. The van der Waals surface area contributed by atoms with E-state index in [4.69, 9.17) is 8.60 Å². The minimum Gasteiger partial charge on any atom is -0.436 e. The molecule has 0 radical (unpaired) electrons. The Morgan fingerprint density at radius 1 is 0.967 bits per heavy atom. The largest absolute Gasteiger partial charge is 0.436 e. The fourth-order valence-electron chi connectivity index (χ4n) is 2.90. The Morgan fingerprint density at radius 2 is 1.70 bits per heavy atom. The van der Waals surface area contributed by atoms with E-state index in [0.29, 0.717) is 22.7 Å². The van der Waals surface area contributed by atoms with Crippen LogP contribution in [0.4, 0.5) is 13.2 Å². The van der Waals surface area contributed by atoms with Gasteiger partial charge in [0.15, 0.2) is 11.3 Å². The van der Waals surface area contributed by atoms with Gasteiger partial charge in [0.25, 0.3) is 0 Å². The Kier molecular flexibility index (Phi) is 4.77. The van der Waals surface area contributed by atoms with Crippen molar-refractivity contribution in [2.24, 2.45) is 0 Å². The number of aromatic nitrogens is 1. The maximum absolute atomic E-state index is 13.0. The number of aryl methyl sites for hydroxylation is 1. The molecule has 0 saturated carbocycles. The summed E-state index contributed by atoms with van der Waals surface area (Å²) in [7, 11) is -4.55. The summed E-state index contributed by atoms with van der Waals surface area (Å²) in [4.78, 5) is 3.74. The van der Waals surface area contributed by atoms with Crippen LogP contribution in [0.25, 0.3) is 22.6 Å². The lowest BCUT2D eigenvalue weighted by molar-refractivity contribution is -0.137. The Labute approximate surface area is 169 Å². The minimum atomic E-state index is -4.68. The molecule has 0 unspecified atom stereocenters. The molecule has 4 rings (SSSR count). The summed E-state index contributed by atoms with van der Waals surface area (Å²) in [5.74, 6) is 0.0654. The highest BCUT2D eigenvalue weighted by Crippen LogP contribution is 2.37. The van der Waals surface area contributed by atoms with Crippen molar-refractivity contribution in [3.63, 3.8) is 0 Å². The first-order valence-corrected chi connectivity index (χ1v) is 10.1. The van der Waals surface area contributed by atoms with Crippen molar-refractivity contribution in [3.05, 3.63) is 77.9 Å². The summed E-state index contributed by atoms with van der Waals surface area (Å²) in [6.07, 6.45) is -4.68. The lowest BCUT2D eigenvalue weighted by Gasteiger charge is -2.13. The Morgan fingerprint density at radius 3 is 2.43 bits per heavy atom. The van der Waals surface area contributed by atoms with Gasteiger partial charge in [-0.1, -0.05) is 30.3 Å². The summed E-state index contributed by atoms with van der Waals surface area (Å²) in [5.41, 5.74) is 0.699. The van der Waals surface area contributed by atoms with Crippen molar-refractivity contribution in [3.8, 4) is 17.2 Å². The lowest BCUT2D eigenvalue weighted by Crippen LogP contribution is -2.13. The molecule has 0 atom stereocenters. The maximum Gasteiger partial charge on any atom is 0.416 e. The number of rotatable bonds is 4. The molecule has 30 heavy (non-hydrogen) atoms. The number of halogens is 3. The van der Waals surface area contributed by atoms with Crippen LogP contribution in [-0.2, 0) is 16.3 Å². The maximum atomic E-state index is 13.0. The summed E-state index contributed by atoms with van der Waals surface area (Å²) >= 11 is 0. The van der Waals surface area contributed by atoms with E-state index in [-0.39, 0.29) is 17.2 Å². The molecule has 0 saturated heterocycles. The van der Waals surface area contributed by atoms with Gasteiger partial charge < -0.3 is 8.60 Å². The average Bonchev–Trinajstić information content (AvgIpc) is 3.13. The Balaban J connectivity index is 1.78. The zero-order chi connectivity index (χ0) is 21.5. The second kappa shape index (κ2) is 7.17. The molecular weight excluding hydrogens is 419 g/mol.